The number of hydrogen-bond donors (Lipinski definition) is 0. The number of ketones is 1. The molecule has 2 heterocycles. The standard InChI is InChI=1S/C20H18FNO4/c21-16-4-1-13(2-5-16)19(23)14-7-9-22(10-8-14)20(24)15-3-6-17-18(11-15)26-12-25-17/h1-6,11,14H,7-10,12H2. The van der Waals surface area contributed by atoms with E-state index in [1.165, 1.54) is 24.3 Å². The van der Waals surface area contributed by atoms with E-state index in [9.17, 15) is 14.0 Å². The van der Waals surface area contributed by atoms with E-state index < -0.39 is 0 Å². The van der Waals surface area contributed by atoms with Crippen LogP contribution in [0.2, 0.25) is 0 Å². The van der Waals surface area contributed by atoms with E-state index >= 15 is 0 Å². The lowest BCUT2D eigenvalue weighted by Crippen LogP contribution is -2.40. The highest BCUT2D eigenvalue weighted by Crippen LogP contribution is 2.33. The molecule has 2 aromatic carbocycles. The Hall–Kier alpha value is -2.89. The zero-order valence-corrected chi connectivity index (χ0v) is 14.1. The normalized spacial score (nSPS) is 16.6. The molecule has 134 valence electrons. The fourth-order valence-corrected chi connectivity index (χ4v) is 3.41. The summed E-state index contributed by atoms with van der Waals surface area (Å²) < 4.78 is 23.6. The van der Waals surface area contributed by atoms with Gasteiger partial charge in [0.1, 0.15) is 5.82 Å². The number of halogens is 1. The largest absolute Gasteiger partial charge is 0.454 e. The van der Waals surface area contributed by atoms with Crippen molar-refractivity contribution in [2.24, 2.45) is 5.92 Å². The first-order valence-electron chi connectivity index (χ1n) is 8.60. The zero-order valence-electron chi connectivity index (χ0n) is 14.1. The average molecular weight is 355 g/mol. The van der Waals surface area contributed by atoms with E-state index in [2.05, 4.69) is 0 Å². The summed E-state index contributed by atoms with van der Waals surface area (Å²) >= 11 is 0. The molecule has 0 aromatic heterocycles. The van der Waals surface area contributed by atoms with Gasteiger partial charge in [0.05, 0.1) is 0 Å². The molecule has 2 aliphatic heterocycles. The summed E-state index contributed by atoms with van der Waals surface area (Å²) in [5.74, 6) is 0.672. The number of carbonyl (C=O) groups excluding carboxylic acids is 2. The molecule has 1 amide bonds. The van der Waals surface area contributed by atoms with Crippen LogP contribution in [0.3, 0.4) is 0 Å². The SMILES string of the molecule is O=C(c1ccc(F)cc1)C1CCN(C(=O)c2ccc3c(c2)OCO3)CC1. The molecular weight excluding hydrogens is 337 g/mol. The van der Waals surface area contributed by atoms with Gasteiger partial charge in [0.25, 0.3) is 5.91 Å². The molecule has 2 aliphatic rings. The zero-order chi connectivity index (χ0) is 18.1. The second kappa shape index (κ2) is 6.78. The van der Waals surface area contributed by atoms with Crippen LogP contribution in [0, 0.1) is 11.7 Å². The number of ether oxygens (including phenoxy) is 2. The molecule has 26 heavy (non-hydrogen) atoms. The van der Waals surface area contributed by atoms with Crippen molar-refractivity contribution in [3.63, 3.8) is 0 Å². The fourth-order valence-electron chi connectivity index (χ4n) is 3.41. The first-order chi connectivity index (χ1) is 12.6. The van der Waals surface area contributed by atoms with Crippen LogP contribution < -0.4 is 9.47 Å². The summed E-state index contributed by atoms with van der Waals surface area (Å²) in [6, 6.07) is 10.8. The third-order valence-electron chi connectivity index (χ3n) is 4.90. The van der Waals surface area contributed by atoms with Gasteiger partial charge in [-0.1, -0.05) is 0 Å². The molecular formula is C20H18FNO4. The van der Waals surface area contributed by atoms with E-state index in [4.69, 9.17) is 9.47 Å². The highest BCUT2D eigenvalue weighted by Gasteiger charge is 2.29. The summed E-state index contributed by atoms with van der Waals surface area (Å²) in [7, 11) is 0. The third-order valence-corrected chi connectivity index (χ3v) is 4.90. The van der Waals surface area contributed by atoms with Crippen LogP contribution in [0.15, 0.2) is 42.5 Å². The van der Waals surface area contributed by atoms with Gasteiger partial charge in [-0.2, -0.15) is 0 Å². The maximum Gasteiger partial charge on any atom is 0.253 e. The van der Waals surface area contributed by atoms with Crippen LogP contribution in [-0.2, 0) is 0 Å². The number of rotatable bonds is 3. The van der Waals surface area contributed by atoms with Crippen molar-refractivity contribution in [2.45, 2.75) is 12.8 Å². The molecule has 6 heteroatoms. The van der Waals surface area contributed by atoms with Crippen molar-refractivity contribution < 1.29 is 23.5 Å². The van der Waals surface area contributed by atoms with Gasteiger partial charge in [0.15, 0.2) is 17.3 Å². The molecule has 0 radical (unpaired) electrons. The highest BCUT2D eigenvalue weighted by atomic mass is 19.1. The van der Waals surface area contributed by atoms with E-state index in [1.807, 2.05) is 0 Å². The molecule has 5 nitrogen and oxygen atoms in total. The molecule has 4 rings (SSSR count). The molecule has 0 unspecified atom stereocenters. The van der Waals surface area contributed by atoms with E-state index in [0.29, 0.717) is 48.6 Å². The van der Waals surface area contributed by atoms with Gasteiger partial charge in [0, 0.05) is 30.1 Å². The minimum atomic E-state index is -0.356. The number of nitrogens with zero attached hydrogens (tertiary/aromatic N) is 1. The first-order valence-corrected chi connectivity index (χ1v) is 8.60. The quantitative estimate of drug-likeness (QED) is 0.793. The number of hydrogen-bond acceptors (Lipinski definition) is 4. The Kier molecular flexibility index (Phi) is 4.32. The molecule has 0 spiro atoms. The second-order valence-corrected chi connectivity index (χ2v) is 6.51. The van der Waals surface area contributed by atoms with Crippen LogP contribution in [0.1, 0.15) is 33.6 Å². The van der Waals surface area contributed by atoms with E-state index in [-0.39, 0.29) is 30.2 Å². The summed E-state index contributed by atoms with van der Waals surface area (Å²) in [5, 5.41) is 0. The van der Waals surface area contributed by atoms with Crippen LogP contribution in [0.5, 0.6) is 11.5 Å². The Morgan fingerprint density at radius 3 is 2.31 bits per heavy atom. The minimum Gasteiger partial charge on any atom is -0.454 e. The summed E-state index contributed by atoms with van der Waals surface area (Å²) in [4.78, 5) is 27.0. The van der Waals surface area contributed by atoms with Gasteiger partial charge in [0.2, 0.25) is 6.79 Å². The third kappa shape index (κ3) is 3.14. The maximum absolute atomic E-state index is 13.0. The number of benzene rings is 2. The van der Waals surface area contributed by atoms with Crippen LogP contribution in [-0.4, -0.2) is 36.5 Å². The van der Waals surface area contributed by atoms with Crippen LogP contribution >= 0.6 is 0 Å². The van der Waals surface area contributed by atoms with E-state index in [0.717, 1.165) is 0 Å². The van der Waals surface area contributed by atoms with Crippen molar-refractivity contribution in [1.29, 1.82) is 0 Å². The summed E-state index contributed by atoms with van der Waals surface area (Å²) in [6.45, 7) is 1.21. The summed E-state index contributed by atoms with van der Waals surface area (Å²) in [6.07, 6.45) is 1.21. The molecule has 2 aromatic rings. The molecule has 1 saturated heterocycles. The predicted molar refractivity (Wildman–Crippen MR) is 91.9 cm³/mol. The lowest BCUT2D eigenvalue weighted by atomic mass is 9.88. The smallest absolute Gasteiger partial charge is 0.253 e. The van der Waals surface area contributed by atoms with Crippen LogP contribution in [0.25, 0.3) is 0 Å². The number of likely N-dealkylation sites (tertiary alicyclic amines) is 1. The van der Waals surface area contributed by atoms with Crippen molar-refractivity contribution in [2.75, 3.05) is 19.9 Å². The molecule has 0 aliphatic carbocycles. The number of carbonyl (C=O) groups is 2. The molecule has 0 N–H and O–H groups in total. The summed E-state index contributed by atoms with van der Waals surface area (Å²) in [5.41, 5.74) is 1.07. The number of Topliss-reactive ketones (excluding diaryl/α,β-unsaturated/α-hetero) is 1. The molecule has 0 atom stereocenters. The number of piperidine rings is 1. The van der Waals surface area contributed by atoms with Gasteiger partial charge < -0.3 is 14.4 Å². The van der Waals surface area contributed by atoms with Crippen molar-refractivity contribution in [1.82, 2.24) is 4.90 Å². The minimum absolute atomic E-state index is 0.0141. The Morgan fingerprint density at radius 2 is 1.58 bits per heavy atom. The van der Waals surface area contributed by atoms with Gasteiger partial charge in [-0.25, -0.2) is 4.39 Å². The topological polar surface area (TPSA) is 55.8 Å². The van der Waals surface area contributed by atoms with Gasteiger partial charge in [-0.05, 0) is 55.3 Å². The number of fused-ring (bicyclic) bond motifs is 1. The van der Waals surface area contributed by atoms with Gasteiger partial charge >= 0.3 is 0 Å². The lowest BCUT2D eigenvalue weighted by Gasteiger charge is -2.31. The maximum atomic E-state index is 13.0. The fraction of sp³-hybridized carbons (Fsp3) is 0.300. The first kappa shape index (κ1) is 16.6. The van der Waals surface area contributed by atoms with Crippen molar-refractivity contribution >= 4 is 11.7 Å². The Morgan fingerprint density at radius 1 is 0.923 bits per heavy atom. The molecule has 1 fully saturated rings. The Labute approximate surface area is 150 Å². The van der Waals surface area contributed by atoms with Gasteiger partial charge in [-0.3, -0.25) is 9.59 Å². The highest BCUT2D eigenvalue weighted by molar-refractivity contribution is 5.98. The predicted octanol–water partition coefficient (Wildman–Crippen LogP) is 3.29. The lowest BCUT2D eigenvalue weighted by molar-refractivity contribution is 0.0650. The molecule has 0 saturated carbocycles. The molecule has 0 bridgehead atoms. The Balaban J connectivity index is 1.39. The van der Waals surface area contributed by atoms with E-state index in [1.54, 1.807) is 23.1 Å². The monoisotopic (exact) mass is 355 g/mol. The van der Waals surface area contributed by atoms with Crippen molar-refractivity contribution in [3.8, 4) is 11.5 Å². The van der Waals surface area contributed by atoms with Crippen LogP contribution in [0.4, 0.5) is 4.39 Å². The average Bonchev–Trinajstić information content (AvgIpc) is 3.15. The number of amides is 1. The Bertz CT molecular complexity index is 841. The van der Waals surface area contributed by atoms with Crippen molar-refractivity contribution in [3.05, 3.63) is 59.4 Å². The second-order valence-electron chi connectivity index (χ2n) is 6.51. The van der Waals surface area contributed by atoms with Gasteiger partial charge in [-0.15, -0.1) is 0 Å².